The van der Waals surface area contributed by atoms with E-state index in [4.69, 9.17) is 47.0 Å². The molecule has 0 saturated heterocycles. The molecule has 0 unspecified atom stereocenters. The van der Waals surface area contributed by atoms with E-state index < -0.39 is 0 Å². The molecule has 0 spiro atoms. The van der Waals surface area contributed by atoms with Gasteiger partial charge in [-0.3, -0.25) is 4.57 Å². The van der Waals surface area contributed by atoms with Gasteiger partial charge in [-0.1, -0.05) is 48.7 Å². The smallest absolute Gasteiger partial charge is 0.182 e. The molecule has 0 radical (unpaired) electrons. The fourth-order valence-corrected chi connectivity index (χ4v) is 2.63. The molecule has 0 saturated carbocycles. The lowest BCUT2D eigenvalue weighted by Gasteiger charge is -2.13. The second-order valence-electron chi connectivity index (χ2n) is 4.23. The van der Waals surface area contributed by atoms with E-state index in [1.165, 1.54) is 0 Å². The summed E-state index contributed by atoms with van der Waals surface area (Å²) in [5.74, 6) is 0.309. The van der Waals surface area contributed by atoms with Crippen LogP contribution in [0.4, 0.5) is 0 Å². The molecule has 2 rings (SSSR count). The molecule has 1 N–H and O–H groups in total. The zero-order valence-electron chi connectivity index (χ0n) is 9.80. The third kappa shape index (κ3) is 2.45. The van der Waals surface area contributed by atoms with Crippen molar-refractivity contribution in [3.63, 3.8) is 0 Å². The predicted molar refractivity (Wildman–Crippen MR) is 80.1 cm³/mol. The maximum absolute atomic E-state index is 6.22. The first-order chi connectivity index (χ1) is 8.41. The van der Waals surface area contributed by atoms with Crippen LogP contribution in [0.5, 0.6) is 0 Å². The van der Waals surface area contributed by atoms with E-state index in [1.54, 1.807) is 12.1 Å². The highest BCUT2D eigenvalue weighted by atomic mass is 35.5. The Balaban J connectivity index is 2.73. The molecule has 1 heterocycles. The highest BCUT2D eigenvalue weighted by Gasteiger charge is 2.14. The van der Waals surface area contributed by atoms with Gasteiger partial charge in [0, 0.05) is 11.9 Å². The first kappa shape index (κ1) is 13.9. The summed E-state index contributed by atoms with van der Waals surface area (Å²) < 4.78 is 2.46. The van der Waals surface area contributed by atoms with Gasteiger partial charge >= 0.3 is 0 Å². The number of H-pyrrole nitrogens is 1. The Kier molecular flexibility index (Phi) is 4.07. The predicted octanol–water partition coefficient (Wildman–Crippen LogP) is 5.62. The van der Waals surface area contributed by atoms with Crippen LogP contribution in [0.3, 0.4) is 0 Å². The summed E-state index contributed by atoms with van der Waals surface area (Å²) in [4.78, 5) is 3.02. The van der Waals surface area contributed by atoms with Gasteiger partial charge in [-0.2, -0.15) is 0 Å². The van der Waals surface area contributed by atoms with E-state index in [0.29, 0.717) is 25.8 Å². The molecule has 0 amide bonds. The number of benzene rings is 1. The molecule has 0 bridgehead atoms. The van der Waals surface area contributed by atoms with Crippen LogP contribution in [0.15, 0.2) is 18.3 Å². The Morgan fingerprint density at radius 3 is 2.33 bits per heavy atom. The molecule has 0 fully saturated rings. The van der Waals surface area contributed by atoms with Gasteiger partial charge in [0.05, 0.1) is 20.8 Å². The van der Waals surface area contributed by atoms with E-state index in [1.807, 2.05) is 10.8 Å². The highest BCUT2D eigenvalue weighted by molar-refractivity contribution is 7.71. The highest BCUT2D eigenvalue weighted by Crippen LogP contribution is 2.33. The minimum atomic E-state index is 0.309. The van der Waals surface area contributed by atoms with Gasteiger partial charge in [0.2, 0.25) is 0 Å². The Morgan fingerprint density at radius 1 is 1.11 bits per heavy atom. The van der Waals surface area contributed by atoms with Gasteiger partial charge in [0.1, 0.15) is 0 Å². The lowest BCUT2D eigenvalue weighted by molar-refractivity contribution is 0.783. The zero-order chi connectivity index (χ0) is 13.4. The second-order valence-corrected chi connectivity index (χ2v) is 5.83. The number of hydrogen-bond donors (Lipinski definition) is 1. The van der Waals surface area contributed by atoms with Crippen molar-refractivity contribution >= 4 is 47.0 Å². The second kappa shape index (κ2) is 5.25. The average Bonchev–Trinajstić information content (AvgIpc) is 2.66. The fraction of sp³-hybridized carbons (Fsp3) is 0.250. The van der Waals surface area contributed by atoms with Crippen LogP contribution < -0.4 is 0 Å². The van der Waals surface area contributed by atoms with E-state index >= 15 is 0 Å². The maximum atomic E-state index is 6.22. The molecular weight excluding hydrogens is 311 g/mol. The molecule has 0 aliphatic heterocycles. The Morgan fingerprint density at radius 2 is 1.72 bits per heavy atom. The molecule has 2 nitrogen and oxygen atoms in total. The van der Waals surface area contributed by atoms with Crippen LogP contribution in [0.2, 0.25) is 15.1 Å². The molecular formula is C12H11Cl3N2S. The minimum absolute atomic E-state index is 0.309. The van der Waals surface area contributed by atoms with Crippen LogP contribution in [0, 0.1) is 4.77 Å². The van der Waals surface area contributed by atoms with Crippen LogP contribution in [0.1, 0.15) is 25.5 Å². The summed E-state index contributed by atoms with van der Waals surface area (Å²) in [6.45, 7) is 4.17. The SMILES string of the molecule is CC(C)c1c[nH]c(=S)n1-c1cc(Cl)c(Cl)cc1Cl. The van der Waals surface area contributed by atoms with Crippen molar-refractivity contribution in [1.82, 2.24) is 9.55 Å². The van der Waals surface area contributed by atoms with Gasteiger partial charge in [0.25, 0.3) is 0 Å². The van der Waals surface area contributed by atoms with Gasteiger partial charge in [-0.05, 0) is 30.3 Å². The first-order valence-electron chi connectivity index (χ1n) is 5.37. The minimum Gasteiger partial charge on any atom is -0.337 e. The Labute approximate surface area is 125 Å². The molecule has 1 aromatic heterocycles. The number of imidazole rings is 1. The van der Waals surface area contributed by atoms with E-state index in [9.17, 15) is 0 Å². The van der Waals surface area contributed by atoms with E-state index in [2.05, 4.69) is 18.8 Å². The van der Waals surface area contributed by atoms with Crippen molar-refractivity contribution in [2.24, 2.45) is 0 Å². The molecule has 18 heavy (non-hydrogen) atoms. The summed E-state index contributed by atoms with van der Waals surface area (Å²) in [6.07, 6.45) is 1.88. The van der Waals surface area contributed by atoms with Gasteiger partial charge in [0.15, 0.2) is 4.77 Å². The van der Waals surface area contributed by atoms with Crippen LogP contribution in [0.25, 0.3) is 5.69 Å². The number of hydrogen-bond acceptors (Lipinski definition) is 1. The molecule has 6 heteroatoms. The normalized spacial score (nSPS) is 11.2. The third-order valence-electron chi connectivity index (χ3n) is 2.63. The Bertz CT molecular complexity index is 643. The van der Waals surface area contributed by atoms with Crippen molar-refractivity contribution < 1.29 is 0 Å². The summed E-state index contributed by atoms with van der Waals surface area (Å²) in [5.41, 5.74) is 1.78. The number of aromatic nitrogens is 2. The lowest BCUT2D eigenvalue weighted by Crippen LogP contribution is -2.02. The van der Waals surface area contributed by atoms with Crippen molar-refractivity contribution in [3.05, 3.63) is 43.9 Å². The van der Waals surface area contributed by atoms with Crippen LogP contribution in [-0.4, -0.2) is 9.55 Å². The van der Waals surface area contributed by atoms with Crippen LogP contribution in [-0.2, 0) is 0 Å². The number of nitrogens with one attached hydrogen (secondary N) is 1. The first-order valence-corrected chi connectivity index (χ1v) is 6.91. The molecule has 0 aliphatic carbocycles. The van der Waals surface area contributed by atoms with Crippen molar-refractivity contribution in [1.29, 1.82) is 0 Å². The zero-order valence-corrected chi connectivity index (χ0v) is 12.9. The molecule has 1 aromatic carbocycles. The molecule has 0 atom stereocenters. The van der Waals surface area contributed by atoms with Gasteiger partial charge < -0.3 is 4.98 Å². The quantitative estimate of drug-likeness (QED) is 0.562. The maximum Gasteiger partial charge on any atom is 0.182 e. The van der Waals surface area contributed by atoms with Crippen molar-refractivity contribution in [2.45, 2.75) is 19.8 Å². The van der Waals surface area contributed by atoms with E-state index in [0.717, 1.165) is 11.4 Å². The number of nitrogens with zero attached hydrogens (tertiary/aromatic N) is 1. The third-order valence-corrected chi connectivity index (χ3v) is 3.95. The number of aromatic amines is 1. The van der Waals surface area contributed by atoms with Gasteiger partial charge in [-0.15, -0.1) is 0 Å². The Hall–Kier alpha value is -0.480. The topological polar surface area (TPSA) is 20.7 Å². The largest absolute Gasteiger partial charge is 0.337 e. The number of halogens is 3. The van der Waals surface area contributed by atoms with Crippen molar-refractivity contribution in [2.75, 3.05) is 0 Å². The summed E-state index contributed by atoms with van der Waals surface area (Å²) in [6, 6.07) is 3.35. The lowest BCUT2D eigenvalue weighted by atomic mass is 10.1. The standard InChI is InChI=1S/C12H11Cl3N2S/c1-6(2)11-5-16-12(18)17(11)10-4-8(14)7(13)3-9(10)15/h3-6H,1-2H3,(H,16,18). The monoisotopic (exact) mass is 320 g/mol. The fourth-order valence-electron chi connectivity index (χ4n) is 1.74. The molecule has 96 valence electrons. The molecule has 2 aromatic rings. The van der Waals surface area contributed by atoms with E-state index in [-0.39, 0.29) is 0 Å². The molecule has 0 aliphatic rings. The van der Waals surface area contributed by atoms with Crippen molar-refractivity contribution in [3.8, 4) is 5.69 Å². The number of rotatable bonds is 2. The summed E-state index contributed by atoms with van der Waals surface area (Å²) in [5, 5.41) is 1.40. The summed E-state index contributed by atoms with van der Waals surface area (Å²) in [7, 11) is 0. The van der Waals surface area contributed by atoms with Crippen LogP contribution >= 0.6 is 47.0 Å². The van der Waals surface area contributed by atoms with Gasteiger partial charge in [-0.25, -0.2) is 0 Å². The average molecular weight is 322 g/mol. The summed E-state index contributed by atoms with van der Waals surface area (Å²) >= 11 is 23.5.